The molecule has 0 aliphatic rings. The Kier molecular flexibility index (Phi) is 2.62. The van der Waals surface area contributed by atoms with Crippen LogP contribution in [0, 0.1) is 0 Å². The maximum absolute atomic E-state index is 8.62. The Bertz CT molecular complexity index is 2760. The summed E-state index contributed by atoms with van der Waals surface area (Å²) < 4.78 is 90.2. The van der Waals surface area contributed by atoms with Crippen LogP contribution in [0.15, 0.2) is 119 Å². The molecule has 2 heterocycles. The van der Waals surface area contributed by atoms with Crippen LogP contribution in [0.25, 0.3) is 88.4 Å². The van der Waals surface area contributed by atoms with Gasteiger partial charge in [0.2, 0.25) is 0 Å². The molecule has 0 aliphatic carbocycles. The first-order chi connectivity index (χ1) is 23.5. The number of rotatable bonds is 3. The van der Waals surface area contributed by atoms with Crippen LogP contribution >= 0.6 is 0 Å². The zero-order chi connectivity index (χ0) is 34.2. The summed E-state index contributed by atoms with van der Waals surface area (Å²) in [7, 11) is 0. The molecule has 0 radical (unpaired) electrons. The third-order valence-electron chi connectivity index (χ3n) is 7.22. The third kappa shape index (κ3) is 2.85. The fourth-order valence-corrected chi connectivity index (χ4v) is 5.62. The summed E-state index contributed by atoms with van der Waals surface area (Å²) in [6.45, 7) is 0. The SMILES string of the molecule is [2H]c1c([2H])c([2H])c(-c2nc(-c3c([2H])c([2H])c([2H])c([2H])c3[2H])nc(-c3ccc4c5cccc6ccc7ccc8oc3c4c8c7c65)n2)c([2H])c1[2H]. The first-order valence-corrected chi connectivity index (χ1v) is 12.2. The van der Waals surface area contributed by atoms with Crippen LogP contribution in [-0.2, 0) is 0 Å². The predicted octanol–water partition coefficient (Wildman–Crippen LogP) is 9.11. The molecule has 0 aliphatic heterocycles. The van der Waals surface area contributed by atoms with E-state index in [1.165, 1.54) is 0 Å². The second-order valence-corrected chi connectivity index (χ2v) is 9.28. The number of aromatic nitrogens is 3. The van der Waals surface area contributed by atoms with Crippen LogP contribution in [0.1, 0.15) is 13.7 Å². The molecule has 0 N–H and O–H groups in total. The average molecular weight is 508 g/mol. The lowest BCUT2D eigenvalue weighted by molar-refractivity contribution is 0.670. The van der Waals surface area contributed by atoms with Crippen LogP contribution in [-0.4, -0.2) is 15.0 Å². The average Bonchev–Trinajstić information content (AvgIpc) is 3.51. The van der Waals surface area contributed by atoms with Crippen molar-refractivity contribution in [3.8, 4) is 34.2 Å². The highest BCUT2D eigenvalue weighted by Crippen LogP contribution is 2.48. The van der Waals surface area contributed by atoms with Gasteiger partial charge in [0.15, 0.2) is 17.5 Å². The molecule has 0 atom stereocenters. The summed E-state index contributed by atoms with van der Waals surface area (Å²) in [5.74, 6) is -0.707. The van der Waals surface area contributed by atoms with Crippen molar-refractivity contribution in [2.75, 3.05) is 0 Å². The summed E-state index contributed by atoms with van der Waals surface area (Å²) in [4.78, 5) is 13.6. The molecule has 180 valence electrons. The van der Waals surface area contributed by atoms with E-state index < -0.39 is 60.4 Å². The highest BCUT2D eigenvalue weighted by molar-refractivity contribution is 6.39. The van der Waals surface area contributed by atoms with Crippen molar-refractivity contribution in [1.29, 1.82) is 0 Å². The highest BCUT2D eigenvalue weighted by atomic mass is 16.3. The van der Waals surface area contributed by atoms with Gasteiger partial charge in [0.05, 0.1) is 19.3 Å². The van der Waals surface area contributed by atoms with E-state index in [2.05, 4.69) is 39.2 Å². The van der Waals surface area contributed by atoms with Gasteiger partial charge in [-0.25, -0.2) is 15.0 Å². The molecule has 0 saturated carbocycles. The van der Waals surface area contributed by atoms with Crippen molar-refractivity contribution in [2.24, 2.45) is 0 Å². The number of furan rings is 1. The quantitative estimate of drug-likeness (QED) is 0.177. The van der Waals surface area contributed by atoms with Gasteiger partial charge in [0, 0.05) is 27.3 Å². The number of fused-ring (bicyclic) bond motifs is 1. The van der Waals surface area contributed by atoms with Crippen LogP contribution in [0.4, 0.5) is 0 Å². The molecule has 0 unspecified atom stereocenters. The van der Waals surface area contributed by atoms with E-state index in [9.17, 15) is 0 Å². The van der Waals surface area contributed by atoms with Crippen LogP contribution in [0.5, 0.6) is 0 Å². The maximum atomic E-state index is 8.62. The summed E-state index contributed by atoms with van der Waals surface area (Å²) in [5.41, 5.74) is 0.772. The molecule has 7 aromatic carbocycles. The Morgan fingerprint density at radius 3 is 1.85 bits per heavy atom. The lowest BCUT2D eigenvalue weighted by Gasteiger charge is -2.13. The van der Waals surface area contributed by atoms with Crippen molar-refractivity contribution < 1.29 is 18.1 Å². The van der Waals surface area contributed by atoms with Crippen molar-refractivity contribution in [3.63, 3.8) is 0 Å². The van der Waals surface area contributed by atoms with Gasteiger partial charge >= 0.3 is 0 Å². The molecule has 0 amide bonds. The van der Waals surface area contributed by atoms with Gasteiger partial charge in [-0.1, -0.05) is 103 Å². The van der Waals surface area contributed by atoms with Gasteiger partial charge in [-0.15, -0.1) is 0 Å². The van der Waals surface area contributed by atoms with Gasteiger partial charge in [-0.05, 0) is 39.1 Å². The van der Waals surface area contributed by atoms with E-state index in [4.69, 9.17) is 18.1 Å². The molecule has 9 aromatic rings. The minimum absolute atomic E-state index is 0.0439. The molecule has 0 fully saturated rings. The van der Waals surface area contributed by atoms with Crippen molar-refractivity contribution in [1.82, 2.24) is 15.0 Å². The van der Waals surface area contributed by atoms with E-state index in [0.29, 0.717) is 16.7 Å². The summed E-state index contributed by atoms with van der Waals surface area (Å²) in [6, 6.07) is 12.0. The van der Waals surface area contributed by atoms with E-state index in [1.54, 1.807) is 6.07 Å². The summed E-state index contributed by atoms with van der Waals surface area (Å²) in [6.07, 6.45) is 0. The largest absolute Gasteiger partial charge is 0.455 e. The lowest BCUT2D eigenvalue weighted by atomic mass is 9.89. The molecule has 9 rings (SSSR count). The Balaban J connectivity index is 1.42. The first kappa shape index (κ1) is 13.4. The molecular formula is C35H19N3O. The van der Waals surface area contributed by atoms with Crippen molar-refractivity contribution in [2.45, 2.75) is 0 Å². The fourth-order valence-electron chi connectivity index (χ4n) is 5.62. The standard InChI is InChI=1S/C35H19N3O/c1-3-8-22(9-4-1)33-36-34(23-10-5-2-6-11-23)38-35(37-33)26-18-17-25-24-13-7-12-20-14-15-21-16-19-27-31(29(21)28(20)24)30(25)32(26)39-27/h1-19H/i1D,2D,3D,4D,5D,6D,8D,9D,10D,11D. The fraction of sp³-hybridized carbons (Fsp3) is 0. The molecule has 0 spiro atoms. The van der Waals surface area contributed by atoms with Crippen LogP contribution < -0.4 is 0 Å². The van der Waals surface area contributed by atoms with E-state index in [1.807, 2.05) is 24.3 Å². The van der Waals surface area contributed by atoms with Crippen LogP contribution in [0.3, 0.4) is 0 Å². The number of nitrogens with zero attached hydrogens (tertiary/aromatic N) is 3. The summed E-state index contributed by atoms with van der Waals surface area (Å²) >= 11 is 0. The van der Waals surface area contributed by atoms with Gasteiger partial charge in [-0.3, -0.25) is 0 Å². The Morgan fingerprint density at radius 2 is 1.13 bits per heavy atom. The second-order valence-electron chi connectivity index (χ2n) is 9.28. The second kappa shape index (κ2) is 7.59. The minimum atomic E-state index is -0.606. The van der Waals surface area contributed by atoms with Crippen LogP contribution in [0.2, 0.25) is 0 Å². The molecule has 39 heavy (non-hydrogen) atoms. The Hall–Kier alpha value is -5.35. The molecular weight excluding hydrogens is 478 g/mol. The van der Waals surface area contributed by atoms with Gasteiger partial charge in [0.1, 0.15) is 11.2 Å². The van der Waals surface area contributed by atoms with Crippen molar-refractivity contribution >= 4 is 54.3 Å². The minimum Gasteiger partial charge on any atom is -0.455 e. The molecule has 0 saturated heterocycles. The lowest BCUT2D eigenvalue weighted by Crippen LogP contribution is -2.00. The number of hydrogen-bond acceptors (Lipinski definition) is 4. The van der Waals surface area contributed by atoms with Crippen molar-refractivity contribution in [3.05, 3.63) is 115 Å². The number of hydrogen-bond donors (Lipinski definition) is 0. The van der Waals surface area contributed by atoms with Gasteiger partial charge in [-0.2, -0.15) is 0 Å². The summed E-state index contributed by atoms with van der Waals surface area (Å²) in [5, 5.41) is 7.98. The molecule has 2 aromatic heterocycles. The third-order valence-corrected chi connectivity index (χ3v) is 7.22. The van der Waals surface area contributed by atoms with Gasteiger partial charge < -0.3 is 4.42 Å². The Morgan fingerprint density at radius 1 is 0.513 bits per heavy atom. The predicted molar refractivity (Wildman–Crippen MR) is 158 cm³/mol. The van der Waals surface area contributed by atoms with Gasteiger partial charge in [0.25, 0.3) is 0 Å². The first-order valence-electron chi connectivity index (χ1n) is 17.2. The highest BCUT2D eigenvalue weighted by Gasteiger charge is 2.23. The molecule has 4 nitrogen and oxygen atoms in total. The Labute approximate surface area is 236 Å². The smallest absolute Gasteiger partial charge is 0.167 e. The monoisotopic (exact) mass is 507 g/mol. The van der Waals surface area contributed by atoms with E-state index in [0.717, 1.165) is 43.1 Å². The topological polar surface area (TPSA) is 51.8 Å². The molecule has 4 heteroatoms. The molecule has 0 bridgehead atoms. The maximum Gasteiger partial charge on any atom is 0.167 e. The zero-order valence-corrected chi connectivity index (χ0v) is 19.9. The van der Waals surface area contributed by atoms with E-state index >= 15 is 0 Å². The number of benzene rings is 7. The van der Waals surface area contributed by atoms with E-state index in [-0.39, 0.29) is 28.6 Å². The zero-order valence-electron chi connectivity index (χ0n) is 29.9. The normalized spacial score (nSPS) is 15.7.